The van der Waals surface area contributed by atoms with E-state index in [1.807, 2.05) is 11.8 Å². The van der Waals surface area contributed by atoms with Gasteiger partial charge in [-0.3, -0.25) is 14.4 Å². The molecule has 0 aromatic heterocycles. The number of amides is 2. The Balaban J connectivity index is 1.73. The fraction of sp³-hybridized carbons (Fsp3) is 0.842. The van der Waals surface area contributed by atoms with Crippen LogP contribution in [0.25, 0.3) is 0 Å². The van der Waals surface area contributed by atoms with Crippen molar-refractivity contribution in [2.75, 3.05) is 13.1 Å². The predicted octanol–water partition coefficient (Wildman–Crippen LogP) is 2.56. The number of aliphatic carboxylic acids is 1. The summed E-state index contributed by atoms with van der Waals surface area (Å²) >= 11 is 0. The summed E-state index contributed by atoms with van der Waals surface area (Å²) in [6.07, 6.45) is 8.43. The number of nitrogens with zero attached hydrogens (tertiary/aromatic N) is 1. The molecular weight excluding hydrogens is 320 g/mol. The topological polar surface area (TPSA) is 86.7 Å². The van der Waals surface area contributed by atoms with Gasteiger partial charge in [0.05, 0.1) is 0 Å². The van der Waals surface area contributed by atoms with E-state index < -0.39 is 5.97 Å². The van der Waals surface area contributed by atoms with Gasteiger partial charge in [0.25, 0.3) is 0 Å². The zero-order valence-electron chi connectivity index (χ0n) is 15.3. The van der Waals surface area contributed by atoms with E-state index in [4.69, 9.17) is 5.11 Å². The van der Waals surface area contributed by atoms with Gasteiger partial charge >= 0.3 is 5.97 Å². The van der Waals surface area contributed by atoms with Gasteiger partial charge in [0, 0.05) is 37.9 Å². The average Bonchev–Trinajstić information content (AvgIpc) is 2.60. The molecule has 2 N–H and O–H groups in total. The molecule has 2 aliphatic rings. The number of carboxylic acids is 1. The zero-order valence-corrected chi connectivity index (χ0v) is 15.3. The number of likely N-dealkylation sites (tertiary alicyclic amines) is 1. The van der Waals surface area contributed by atoms with Crippen LogP contribution in [0.1, 0.15) is 71.1 Å². The summed E-state index contributed by atoms with van der Waals surface area (Å²) in [4.78, 5) is 37.3. The molecular formula is C19H32N2O4. The summed E-state index contributed by atoms with van der Waals surface area (Å²) < 4.78 is 0. The Morgan fingerprint density at radius 2 is 1.84 bits per heavy atom. The first-order chi connectivity index (χ1) is 12.0. The first kappa shape index (κ1) is 19.7. The largest absolute Gasteiger partial charge is 0.481 e. The Morgan fingerprint density at radius 3 is 2.52 bits per heavy atom. The van der Waals surface area contributed by atoms with E-state index in [0.717, 1.165) is 45.1 Å². The second kappa shape index (κ2) is 9.78. The van der Waals surface area contributed by atoms with E-state index in [-0.39, 0.29) is 36.1 Å². The molecule has 2 unspecified atom stereocenters. The molecule has 2 rings (SSSR count). The molecule has 2 atom stereocenters. The van der Waals surface area contributed by atoms with E-state index in [9.17, 15) is 14.4 Å². The van der Waals surface area contributed by atoms with Gasteiger partial charge in [0.1, 0.15) is 0 Å². The number of hydrogen-bond donors (Lipinski definition) is 2. The smallest absolute Gasteiger partial charge is 0.303 e. The van der Waals surface area contributed by atoms with Gasteiger partial charge < -0.3 is 15.3 Å². The number of nitrogens with one attached hydrogen (secondary N) is 1. The SMILES string of the molecule is CC(CC(=O)N1CCCC(CCC(=O)O)C1)NC(=O)C1CCCCC1. The lowest BCUT2D eigenvalue weighted by Gasteiger charge is -2.33. The highest BCUT2D eigenvalue weighted by molar-refractivity contribution is 5.81. The molecule has 0 radical (unpaired) electrons. The van der Waals surface area contributed by atoms with Crippen LogP contribution in [0.3, 0.4) is 0 Å². The first-order valence-electron chi connectivity index (χ1n) is 9.75. The fourth-order valence-electron chi connectivity index (χ4n) is 4.02. The van der Waals surface area contributed by atoms with Gasteiger partial charge in [0.15, 0.2) is 0 Å². The number of carbonyl (C=O) groups is 3. The Labute approximate surface area is 150 Å². The number of hydrogen-bond acceptors (Lipinski definition) is 3. The minimum atomic E-state index is -0.775. The summed E-state index contributed by atoms with van der Waals surface area (Å²) in [5.74, 6) is -0.223. The van der Waals surface area contributed by atoms with E-state index >= 15 is 0 Å². The Hall–Kier alpha value is -1.59. The van der Waals surface area contributed by atoms with Gasteiger partial charge in [-0.1, -0.05) is 19.3 Å². The molecule has 2 fully saturated rings. The van der Waals surface area contributed by atoms with Crippen LogP contribution in [0.2, 0.25) is 0 Å². The van der Waals surface area contributed by atoms with Crippen LogP contribution >= 0.6 is 0 Å². The second-order valence-electron chi connectivity index (χ2n) is 7.73. The molecule has 142 valence electrons. The Bertz CT molecular complexity index is 474. The number of piperidine rings is 1. The van der Waals surface area contributed by atoms with E-state index in [2.05, 4.69) is 5.32 Å². The highest BCUT2D eigenvalue weighted by Crippen LogP contribution is 2.24. The highest BCUT2D eigenvalue weighted by atomic mass is 16.4. The van der Waals surface area contributed by atoms with Crippen molar-refractivity contribution in [3.8, 4) is 0 Å². The van der Waals surface area contributed by atoms with Gasteiger partial charge in [-0.15, -0.1) is 0 Å². The van der Waals surface area contributed by atoms with E-state index in [0.29, 0.717) is 19.4 Å². The third-order valence-corrected chi connectivity index (χ3v) is 5.48. The standard InChI is InChI=1S/C19H32N2O4/c1-14(20-19(25)16-7-3-2-4-8-16)12-17(22)21-11-5-6-15(13-21)9-10-18(23)24/h14-16H,2-13H2,1H3,(H,20,25)(H,23,24). The minimum absolute atomic E-state index is 0.0662. The van der Waals surface area contributed by atoms with E-state index in [1.165, 1.54) is 6.42 Å². The van der Waals surface area contributed by atoms with Crippen LogP contribution in [0.5, 0.6) is 0 Å². The molecule has 1 saturated carbocycles. The van der Waals surface area contributed by atoms with Crippen LogP contribution in [0.15, 0.2) is 0 Å². The Kier molecular flexibility index (Phi) is 7.72. The molecule has 1 heterocycles. The van der Waals surface area contributed by atoms with E-state index in [1.54, 1.807) is 0 Å². The fourth-order valence-corrected chi connectivity index (χ4v) is 4.02. The summed E-state index contributed by atoms with van der Waals surface area (Å²) in [6, 6.07) is -0.152. The molecule has 2 amide bonds. The summed E-state index contributed by atoms with van der Waals surface area (Å²) in [5.41, 5.74) is 0. The van der Waals surface area contributed by atoms with Crippen LogP contribution in [-0.2, 0) is 14.4 Å². The van der Waals surface area contributed by atoms with Gasteiger partial charge in [-0.05, 0) is 44.9 Å². The molecule has 25 heavy (non-hydrogen) atoms. The van der Waals surface area contributed by atoms with Crippen molar-refractivity contribution in [1.29, 1.82) is 0 Å². The molecule has 6 heteroatoms. The lowest BCUT2D eigenvalue weighted by Crippen LogP contribution is -2.44. The highest BCUT2D eigenvalue weighted by Gasteiger charge is 2.27. The van der Waals surface area contributed by atoms with Crippen LogP contribution in [-0.4, -0.2) is 46.9 Å². The van der Waals surface area contributed by atoms with Gasteiger partial charge in [0.2, 0.25) is 11.8 Å². The molecule has 0 aromatic rings. The van der Waals surface area contributed by atoms with Gasteiger partial charge in [-0.25, -0.2) is 0 Å². The van der Waals surface area contributed by atoms with Crippen molar-refractivity contribution in [2.45, 2.75) is 77.2 Å². The zero-order chi connectivity index (χ0) is 18.2. The summed E-state index contributed by atoms with van der Waals surface area (Å²) in [6.45, 7) is 3.28. The van der Waals surface area contributed by atoms with Gasteiger partial charge in [-0.2, -0.15) is 0 Å². The van der Waals surface area contributed by atoms with Crippen molar-refractivity contribution in [3.63, 3.8) is 0 Å². The van der Waals surface area contributed by atoms with Crippen LogP contribution < -0.4 is 5.32 Å². The van der Waals surface area contributed by atoms with Crippen molar-refractivity contribution >= 4 is 17.8 Å². The van der Waals surface area contributed by atoms with Crippen molar-refractivity contribution in [1.82, 2.24) is 10.2 Å². The molecule has 0 aromatic carbocycles. The maximum absolute atomic E-state index is 12.5. The molecule has 0 bridgehead atoms. The second-order valence-corrected chi connectivity index (χ2v) is 7.73. The quantitative estimate of drug-likeness (QED) is 0.737. The molecule has 1 saturated heterocycles. The lowest BCUT2D eigenvalue weighted by molar-refractivity contribution is -0.137. The predicted molar refractivity (Wildman–Crippen MR) is 95.0 cm³/mol. The third-order valence-electron chi connectivity index (χ3n) is 5.48. The normalized spacial score (nSPS) is 23.1. The molecule has 1 aliphatic carbocycles. The average molecular weight is 352 g/mol. The van der Waals surface area contributed by atoms with Crippen LogP contribution in [0.4, 0.5) is 0 Å². The molecule has 1 aliphatic heterocycles. The minimum Gasteiger partial charge on any atom is -0.481 e. The Morgan fingerprint density at radius 1 is 1.12 bits per heavy atom. The van der Waals surface area contributed by atoms with Crippen molar-refractivity contribution in [2.24, 2.45) is 11.8 Å². The van der Waals surface area contributed by atoms with Crippen molar-refractivity contribution in [3.05, 3.63) is 0 Å². The molecule has 0 spiro atoms. The maximum atomic E-state index is 12.5. The van der Waals surface area contributed by atoms with Crippen molar-refractivity contribution < 1.29 is 19.5 Å². The monoisotopic (exact) mass is 352 g/mol. The molecule has 6 nitrogen and oxygen atoms in total. The number of carboxylic acid groups (broad SMARTS) is 1. The third kappa shape index (κ3) is 6.67. The first-order valence-corrected chi connectivity index (χ1v) is 9.75. The lowest BCUT2D eigenvalue weighted by atomic mass is 9.88. The van der Waals surface area contributed by atoms with Crippen LogP contribution in [0, 0.1) is 11.8 Å². The number of carbonyl (C=O) groups excluding carboxylic acids is 2. The maximum Gasteiger partial charge on any atom is 0.303 e. The summed E-state index contributed by atoms with van der Waals surface area (Å²) in [7, 11) is 0. The number of rotatable bonds is 7. The summed E-state index contributed by atoms with van der Waals surface area (Å²) in [5, 5.41) is 11.8.